The molecule has 1 aromatic rings. The molecule has 2 rings (SSSR count). The van der Waals surface area contributed by atoms with Crippen molar-refractivity contribution in [2.24, 2.45) is 0 Å². The maximum Gasteiger partial charge on any atom is 0.326 e. The number of nitrogens with zero attached hydrogens (tertiary/aromatic N) is 1. The van der Waals surface area contributed by atoms with Crippen LogP contribution in [0.2, 0.25) is 0 Å². The number of carbonyl (C=O) groups is 3. The Morgan fingerprint density at radius 1 is 1.30 bits per heavy atom. The molecule has 0 saturated carbocycles. The van der Waals surface area contributed by atoms with E-state index in [-0.39, 0.29) is 36.5 Å². The van der Waals surface area contributed by atoms with Crippen molar-refractivity contribution in [1.82, 2.24) is 4.90 Å². The van der Waals surface area contributed by atoms with Crippen molar-refractivity contribution in [3.63, 3.8) is 0 Å². The van der Waals surface area contributed by atoms with E-state index in [9.17, 15) is 19.5 Å². The van der Waals surface area contributed by atoms with Gasteiger partial charge in [0.2, 0.25) is 5.91 Å². The SMILES string of the molecule is CC(=O)SCCC(=O)N1C[C@@H](Oc2ccccc2)C[C@H]1C(=O)O. The van der Waals surface area contributed by atoms with E-state index in [0.29, 0.717) is 11.5 Å². The van der Waals surface area contributed by atoms with E-state index in [4.69, 9.17) is 4.74 Å². The summed E-state index contributed by atoms with van der Waals surface area (Å²) in [5.74, 6) is -0.272. The molecule has 1 fully saturated rings. The van der Waals surface area contributed by atoms with Crippen molar-refractivity contribution in [3.05, 3.63) is 30.3 Å². The Kier molecular flexibility index (Phi) is 6.04. The highest BCUT2D eigenvalue weighted by Crippen LogP contribution is 2.24. The Labute approximate surface area is 138 Å². The average Bonchev–Trinajstić information content (AvgIpc) is 2.92. The van der Waals surface area contributed by atoms with E-state index >= 15 is 0 Å². The van der Waals surface area contributed by atoms with Crippen molar-refractivity contribution in [3.8, 4) is 5.75 Å². The maximum absolute atomic E-state index is 12.2. The number of carboxylic acids is 1. The van der Waals surface area contributed by atoms with Gasteiger partial charge in [-0.15, -0.1) is 0 Å². The smallest absolute Gasteiger partial charge is 0.326 e. The van der Waals surface area contributed by atoms with E-state index in [1.807, 2.05) is 18.2 Å². The standard InChI is InChI=1S/C16H19NO5S/c1-11(18)23-8-7-15(19)17-10-13(9-14(17)16(20)21)22-12-5-3-2-4-6-12/h2-6,13-14H,7-10H2,1H3,(H,20,21)/t13-,14-/m0/s1. The Balaban J connectivity index is 1.96. The summed E-state index contributed by atoms with van der Waals surface area (Å²) < 4.78 is 5.76. The second kappa shape index (κ2) is 8.01. The summed E-state index contributed by atoms with van der Waals surface area (Å²) in [6, 6.07) is 8.25. The quantitative estimate of drug-likeness (QED) is 0.852. The van der Waals surface area contributed by atoms with Gasteiger partial charge in [-0.25, -0.2) is 4.79 Å². The Morgan fingerprint density at radius 2 is 2.00 bits per heavy atom. The molecule has 0 radical (unpaired) electrons. The highest BCUT2D eigenvalue weighted by molar-refractivity contribution is 8.13. The number of aliphatic carboxylic acids is 1. The molecule has 1 aromatic carbocycles. The number of hydrogen-bond donors (Lipinski definition) is 1. The van der Waals surface area contributed by atoms with Crippen LogP contribution in [-0.2, 0) is 14.4 Å². The third kappa shape index (κ3) is 4.99. The number of ether oxygens (including phenoxy) is 1. The molecule has 0 aliphatic carbocycles. The molecule has 1 N–H and O–H groups in total. The minimum atomic E-state index is -1.03. The number of carboxylic acid groups (broad SMARTS) is 1. The Hall–Kier alpha value is -2.02. The summed E-state index contributed by atoms with van der Waals surface area (Å²) in [6.45, 7) is 1.68. The van der Waals surface area contributed by atoms with Gasteiger partial charge in [0.15, 0.2) is 5.12 Å². The number of thioether (sulfide) groups is 1. The fourth-order valence-electron chi connectivity index (χ4n) is 2.51. The van der Waals surface area contributed by atoms with Gasteiger partial charge in [0, 0.05) is 25.5 Å². The van der Waals surface area contributed by atoms with Crippen LogP contribution in [0.4, 0.5) is 0 Å². The van der Waals surface area contributed by atoms with Crippen LogP contribution in [0.1, 0.15) is 19.8 Å². The first-order valence-electron chi connectivity index (χ1n) is 7.34. The molecule has 0 unspecified atom stereocenters. The van der Waals surface area contributed by atoms with Gasteiger partial charge in [-0.2, -0.15) is 0 Å². The zero-order valence-electron chi connectivity index (χ0n) is 12.8. The third-order valence-corrected chi connectivity index (χ3v) is 4.35. The van der Waals surface area contributed by atoms with E-state index in [1.54, 1.807) is 12.1 Å². The van der Waals surface area contributed by atoms with Crippen LogP contribution in [0.3, 0.4) is 0 Å². The number of amides is 1. The van der Waals surface area contributed by atoms with Gasteiger partial charge < -0.3 is 14.7 Å². The fourth-order valence-corrected chi connectivity index (χ4v) is 3.07. The van der Waals surface area contributed by atoms with Crippen molar-refractivity contribution >= 4 is 28.8 Å². The van der Waals surface area contributed by atoms with E-state index < -0.39 is 12.0 Å². The van der Waals surface area contributed by atoms with Gasteiger partial charge in [-0.05, 0) is 12.1 Å². The maximum atomic E-state index is 12.2. The van der Waals surface area contributed by atoms with Gasteiger partial charge in [0.1, 0.15) is 17.9 Å². The molecule has 1 amide bonds. The summed E-state index contributed by atoms with van der Waals surface area (Å²) in [4.78, 5) is 35.9. The molecule has 0 bridgehead atoms. The number of benzene rings is 1. The topological polar surface area (TPSA) is 83.9 Å². The Morgan fingerprint density at radius 3 is 2.61 bits per heavy atom. The van der Waals surface area contributed by atoms with Gasteiger partial charge in [0.25, 0.3) is 0 Å². The predicted molar refractivity (Wildman–Crippen MR) is 86.4 cm³/mol. The first-order chi connectivity index (χ1) is 11.0. The van der Waals surface area contributed by atoms with Crippen LogP contribution in [-0.4, -0.2) is 51.4 Å². The van der Waals surface area contributed by atoms with E-state index in [1.165, 1.54) is 11.8 Å². The lowest BCUT2D eigenvalue weighted by Crippen LogP contribution is -2.40. The molecule has 1 aliphatic rings. The molecule has 23 heavy (non-hydrogen) atoms. The van der Waals surface area contributed by atoms with E-state index in [2.05, 4.69) is 0 Å². The largest absolute Gasteiger partial charge is 0.488 e. The van der Waals surface area contributed by atoms with Crippen LogP contribution >= 0.6 is 11.8 Å². The monoisotopic (exact) mass is 337 g/mol. The second-order valence-electron chi connectivity index (χ2n) is 5.28. The molecule has 1 saturated heterocycles. The molecule has 1 heterocycles. The molecule has 6 nitrogen and oxygen atoms in total. The highest BCUT2D eigenvalue weighted by atomic mass is 32.2. The summed E-state index contributed by atoms with van der Waals surface area (Å²) in [6.07, 6.45) is 0.0601. The Bertz CT molecular complexity index is 577. The predicted octanol–water partition coefficient (Wildman–Crippen LogP) is 1.79. The second-order valence-corrected chi connectivity index (χ2v) is 6.55. The zero-order valence-corrected chi connectivity index (χ0v) is 13.6. The number of rotatable bonds is 6. The molecular weight excluding hydrogens is 318 g/mol. The van der Waals surface area contributed by atoms with Crippen molar-refractivity contribution in [1.29, 1.82) is 0 Å². The van der Waals surface area contributed by atoms with Crippen molar-refractivity contribution in [2.75, 3.05) is 12.3 Å². The first kappa shape index (κ1) is 17.3. The highest BCUT2D eigenvalue weighted by Gasteiger charge is 2.40. The minimum absolute atomic E-state index is 0.0562. The van der Waals surface area contributed by atoms with Crippen LogP contribution in [0.5, 0.6) is 5.75 Å². The number of para-hydroxylation sites is 1. The van der Waals surface area contributed by atoms with Crippen LogP contribution in [0.15, 0.2) is 30.3 Å². The van der Waals surface area contributed by atoms with Crippen molar-refractivity contribution in [2.45, 2.75) is 31.9 Å². The van der Waals surface area contributed by atoms with Crippen LogP contribution in [0, 0.1) is 0 Å². The lowest BCUT2D eigenvalue weighted by molar-refractivity contribution is -0.148. The minimum Gasteiger partial charge on any atom is -0.488 e. The van der Waals surface area contributed by atoms with Gasteiger partial charge in [-0.1, -0.05) is 30.0 Å². The summed E-state index contributed by atoms with van der Waals surface area (Å²) in [7, 11) is 0. The van der Waals surface area contributed by atoms with Crippen LogP contribution < -0.4 is 4.74 Å². The summed E-state index contributed by atoms with van der Waals surface area (Å²) >= 11 is 1.07. The summed E-state index contributed by atoms with van der Waals surface area (Å²) in [5, 5.41) is 9.27. The number of carbonyl (C=O) groups excluding carboxylic acids is 2. The lowest BCUT2D eigenvalue weighted by atomic mass is 10.2. The van der Waals surface area contributed by atoms with Crippen LogP contribution in [0.25, 0.3) is 0 Å². The number of likely N-dealkylation sites (tertiary alicyclic amines) is 1. The summed E-state index contributed by atoms with van der Waals surface area (Å²) in [5.41, 5.74) is 0. The van der Waals surface area contributed by atoms with Gasteiger partial charge >= 0.3 is 5.97 Å². The molecule has 124 valence electrons. The molecule has 7 heteroatoms. The molecular formula is C16H19NO5S. The fraction of sp³-hybridized carbons (Fsp3) is 0.438. The van der Waals surface area contributed by atoms with E-state index in [0.717, 1.165) is 11.8 Å². The molecule has 2 atom stereocenters. The molecule has 0 spiro atoms. The average molecular weight is 337 g/mol. The molecule has 1 aliphatic heterocycles. The van der Waals surface area contributed by atoms with Gasteiger partial charge in [-0.3, -0.25) is 9.59 Å². The van der Waals surface area contributed by atoms with Crippen molar-refractivity contribution < 1.29 is 24.2 Å². The first-order valence-corrected chi connectivity index (χ1v) is 8.33. The number of hydrogen-bond acceptors (Lipinski definition) is 5. The third-order valence-electron chi connectivity index (χ3n) is 3.54. The van der Waals surface area contributed by atoms with Gasteiger partial charge in [0.05, 0.1) is 6.54 Å². The molecule has 0 aromatic heterocycles. The zero-order chi connectivity index (χ0) is 16.8. The lowest BCUT2D eigenvalue weighted by Gasteiger charge is -2.21. The normalized spacial score (nSPS) is 20.3.